The van der Waals surface area contributed by atoms with Crippen molar-refractivity contribution in [2.45, 2.75) is 25.3 Å². The van der Waals surface area contributed by atoms with E-state index in [-0.39, 0.29) is 17.3 Å². The summed E-state index contributed by atoms with van der Waals surface area (Å²) < 4.78 is 30.0. The van der Waals surface area contributed by atoms with Gasteiger partial charge in [0.1, 0.15) is 5.82 Å². The van der Waals surface area contributed by atoms with Crippen LogP contribution in [0.25, 0.3) is 11.0 Å². The maximum absolute atomic E-state index is 12.8. The van der Waals surface area contributed by atoms with Crippen molar-refractivity contribution in [2.75, 3.05) is 4.72 Å². The van der Waals surface area contributed by atoms with Gasteiger partial charge in [0.05, 0.1) is 22.5 Å². The predicted molar refractivity (Wildman–Crippen MR) is 125 cm³/mol. The van der Waals surface area contributed by atoms with Gasteiger partial charge in [0, 0.05) is 18.3 Å². The molecule has 0 aliphatic carbocycles. The van der Waals surface area contributed by atoms with E-state index in [1.807, 2.05) is 48.9 Å². The Morgan fingerprint density at radius 1 is 1.00 bits per heavy atom. The van der Waals surface area contributed by atoms with E-state index in [4.69, 9.17) is 0 Å². The zero-order valence-electron chi connectivity index (χ0n) is 18.1. The number of nitrogens with one attached hydrogen (secondary N) is 2. The van der Waals surface area contributed by atoms with E-state index in [9.17, 15) is 13.2 Å². The van der Waals surface area contributed by atoms with Crippen molar-refractivity contribution < 1.29 is 13.2 Å². The molecular formula is C24H24N4O3S. The summed E-state index contributed by atoms with van der Waals surface area (Å²) in [6.07, 6.45) is 0. The standard InChI is InChI=1S/C24H24N4O3S/c1-16-8-9-17(2)22(14-16)32(30,31)27-19-12-10-18(11-13-19)24(29)25-15-23-26-20-6-4-5-7-21(20)28(23)3/h4-14,27H,15H2,1-3H3,(H,25,29). The van der Waals surface area contributed by atoms with Crippen LogP contribution < -0.4 is 10.0 Å². The second kappa shape index (κ2) is 8.47. The number of aromatic nitrogens is 2. The maximum atomic E-state index is 12.8. The average molecular weight is 449 g/mol. The Kier molecular flexibility index (Phi) is 5.71. The van der Waals surface area contributed by atoms with Gasteiger partial charge in [-0.2, -0.15) is 0 Å². The lowest BCUT2D eigenvalue weighted by molar-refractivity contribution is 0.0949. The van der Waals surface area contributed by atoms with Crippen molar-refractivity contribution >= 4 is 32.7 Å². The van der Waals surface area contributed by atoms with Gasteiger partial charge in [-0.1, -0.05) is 24.3 Å². The summed E-state index contributed by atoms with van der Waals surface area (Å²) in [6, 6.07) is 19.4. The fourth-order valence-corrected chi connectivity index (χ4v) is 4.90. The second-order valence-corrected chi connectivity index (χ2v) is 9.36. The monoisotopic (exact) mass is 448 g/mol. The molecule has 0 unspecified atom stereocenters. The molecule has 32 heavy (non-hydrogen) atoms. The molecule has 1 heterocycles. The fraction of sp³-hybridized carbons (Fsp3) is 0.167. The number of benzene rings is 3. The molecule has 3 aromatic carbocycles. The number of hydrogen-bond donors (Lipinski definition) is 2. The van der Waals surface area contributed by atoms with E-state index in [1.165, 1.54) is 0 Å². The van der Waals surface area contributed by atoms with Crippen LogP contribution in [0.4, 0.5) is 5.69 Å². The number of sulfonamides is 1. The quantitative estimate of drug-likeness (QED) is 0.468. The number of para-hydroxylation sites is 2. The first kappa shape index (κ1) is 21.6. The molecule has 0 aliphatic heterocycles. The Bertz CT molecular complexity index is 1410. The van der Waals surface area contributed by atoms with Crippen LogP contribution in [0, 0.1) is 13.8 Å². The van der Waals surface area contributed by atoms with Gasteiger partial charge >= 0.3 is 0 Å². The van der Waals surface area contributed by atoms with Crippen LogP contribution in [0.1, 0.15) is 27.3 Å². The van der Waals surface area contributed by atoms with Crippen LogP contribution in [0.15, 0.2) is 71.6 Å². The van der Waals surface area contributed by atoms with Crippen molar-refractivity contribution in [1.82, 2.24) is 14.9 Å². The van der Waals surface area contributed by atoms with E-state index in [0.29, 0.717) is 16.8 Å². The molecule has 4 rings (SSSR count). The number of carbonyl (C=O) groups excluding carboxylic acids is 1. The number of amides is 1. The van der Waals surface area contributed by atoms with Gasteiger partial charge in [-0.3, -0.25) is 9.52 Å². The zero-order chi connectivity index (χ0) is 22.9. The van der Waals surface area contributed by atoms with Gasteiger partial charge in [-0.25, -0.2) is 13.4 Å². The van der Waals surface area contributed by atoms with E-state index in [1.54, 1.807) is 43.3 Å². The number of hydrogen-bond acceptors (Lipinski definition) is 4. The fourth-order valence-electron chi connectivity index (χ4n) is 3.51. The topological polar surface area (TPSA) is 93.1 Å². The normalized spacial score (nSPS) is 11.5. The van der Waals surface area contributed by atoms with Crippen LogP contribution in [0.5, 0.6) is 0 Å². The lowest BCUT2D eigenvalue weighted by Crippen LogP contribution is -2.24. The van der Waals surface area contributed by atoms with E-state index < -0.39 is 10.0 Å². The summed E-state index contributed by atoms with van der Waals surface area (Å²) in [4.78, 5) is 17.3. The van der Waals surface area contributed by atoms with Gasteiger partial charge in [0.2, 0.25) is 0 Å². The first-order valence-electron chi connectivity index (χ1n) is 10.1. The summed E-state index contributed by atoms with van der Waals surface area (Å²) in [6.45, 7) is 3.89. The third-order valence-corrected chi connectivity index (χ3v) is 6.84. The zero-order valence-corrected chi connectivity index (χ0v) is 18.9. The predicted octanol–water partition coefficient (Wildman–Crippen LogP) is 3.92. The number of rotatable bonds is 6. The third-order valence-electron chi connectivity index (χ3n) is 5.32. The molecule has 0 aliphatic rings. The molecular weight excluding hydrogens is 424 g/mol. The number of anilines is 1. The van der Waals surface area contributed by atoms with Gasteiger partial charge in [-0.15, -0.1) is 0 Å². The molecule has 1 aromatic heterocycles. The van der Waals surface area contributed by atoms with Crippen molar-refractivity contribution in [2.24, 2.45) is 7.05 Å². The number of carbonyl (C=O) groups is 1. The summed E-state index contributed by atoms with van der Waals surface area (Å²) in [5.74, 6) is 0.485. The lowest BCUT2D eigenvalue weighted by Gasteiger charge is -2.12. The van der Waals surface area contributed by atoms with E-state index in [0.717, 1.165) is 22.4 Å². The molecule has 0 saturated heterocycles. The minimum absolute atomic E-state index is 0.238. The van der Waals surface area contributed by atoms with Gasteiger partial charge in [-0.05, 0) is 67.4 Å². The largest absolute Gasteiger partial charge is 0.345 e. The minimum Gasteiger partial charge on any atom is -0.345 e. The molecule has 2 N–H and O–H groups in total. The molecule has 1 amide bonds. The molecule has 0 atom stereocenters. The second-order valence-electron chi connectivity index (χ2n) is 7.71. The van der Waals surface area contributed by atoms with Crippen LogP contribution in [-0.2, 0) is 23.6 Å². The molecule has 0 radical (unpaired) electrons. The van der Waals surface area contributed by atoms with Crippen LogP contribution in [-0.4, -0.2) is 23.9 Å². The van der Waals surface area contributed by atoms with Gasteiger partial charge < -0.3 is 9.88 Å². The molecule has 8 heteroatoms. The highest BCUT2D eigenvalue weighted by atomic mass is 32.2. The van der Waals surface area contributed by atoms with E-state index >= 15 is 0 Å². The van der Waals surface area contributed by atoms with Crippen LogP contribution in [0.2, 0.25) is 0 Å². The number of aryl methyl sites for hydroxylation is 3. The Morgan fingerprint density at radius 2 is 1.72 bits per heavy atom. The first-order chi connectivity index (χ1) is 15.2. The summed E-state index contributed by atoms with van der Waals surface area (Å²) in [5, 5.41) is 2.86. The third kappa shape index (κ3) is 4.36. The summed E-state index contributed by atoms with van der Waals surface area (Å²) >= 11 is 0. The Morgan fingerprint density at radius 3 is 2.44 bits per heavy atom. The molecule has 0 spiro atoms. The molecule has 7 nitrogen and oxygen atoms in total. The highest BCUT2D eigenvalue weighted by molar-refractivity contribution is 7.92. The summed E-state index contributed by atoms with van der Waals surface area (Å²) in [7, 11) is -1.81. The van der Waals surface area contributed by atoms with Crippen molar-refractivity contribution in [3.05, 3.63) is 89.2 Å². The lowest BCUT2D eigenvalue weighted by atomic mass is 10.2. The number of imidazole rings is 1. The molecule has 0 saturated carbocycles. The SMILES string of the molecule is Cc1ccc(C)c(S(=O)(=O)Nc2ccc(C(=O)NCc3nc4ccccc4n3C)cc2)c1. The summed E-state index contributed by atoms with van der Waals surface area (Å²) in [5.41, 5.74) is 4.22. The average Bonchev–Trinajstić information content (AvgIpc) is 3.09. The van der Waals surface area contributed by atoms with Crippen molar-refractivity contribution in [3.8, 4) is 0 Å². The molecule has 0 bridgehead atoms. The molecule has 164 valence electrons. The van der Waals surface area contributed by atoms with Gasteiger partial charge in [0.25, 0.3) is 15.9 Å². The van der Waals surface area contributed by atoms with Crippen LogP contribution in [0.3, 0.4) is 0 Å². The Hall–Kier alpha value is -3.65. The van der Waals surface area contributed by atoms with Crippen LogP contribution >= 0.6 is 0 Å². The molecule has 4 aromatic rings. The highest BCUT2D eigenvalue weighted by Crippen LogP contribution is 2.21. The minimum atomic E-state index is -3.73. The van der Waals surface area contributed by atoms with Gasteiger partial charge in [0.15, 0.2) is 0 Å². The number of fused-ring (bicyclic) bond motifs is 1. The van der Waals surface area contributed by atoms with Crippen molar-refractivity contribution in [1.29, 1.82) is 0 Å². The smallest absolute Gasteiger partial charge is 0.262 e. The maximum Gasteiger partial charge on any atom is 0.262 e. The molecule has 0 fully saturated rings. The van der Waals surface area contributed by atoms with E-state index in [2.05, 4.69) is 15.0 Å². The Balaban J connectivity index is 1.44. The van der Waals surface area contributed by atoms with Crippen molar-refractivity contribution in [3.63, 3.8) is 0 Å². The number of nitrogens with zero attached hydrogens (tertiary/aromatic N) is 2. The highest BCUT2D eigenvalue weighted by Gasteiger charge is 2.17. The first-order valence-corrected chi connectivity index (χ1v) is 11.6. The Labute approximate surface area is 187 Å².